The number of carboxylic acids is 1. The summed E-state index contributed by atoms with van der Waals surface area (Å²) in [5, 5.41) is 14.2. The molecule has 112 valence electrons. The van der Waals surface area contributed by atoms with E-state index in [9.17, 15) is 9.59 Å². The van der Waals surface area contributed by atoms with Crippen molar-refractivity contribution < 1.29 is 14.7 Å². The van der Waals surface area contributed by atoms with Crippen LogP contribution in [0.1, 0.15) is 40.5 Å². The minimum atomic E-state index is -1.21. The predicted octanol–water partition coefficient (Wildman–Crippen LogP) is 1.27. The zero-order valence-electron chi connectivity index (χ0n) is 12.5. The number of aliphatic carboxylic acids is 1. The number of hydrogen-bond donors (Lipinski definition) is 3. The van der Waals surface area contributed by atoms with E-state index in [2.05, 4.69) is 29.4 Å². The molecule has 1 unspecified atom stereocenters. The Morgan fingerprint density at radius 1 is 1.21 bits per heavy atom. The molecule has 0 saturated carbocycles. The first-order valence-corrected chi connectivity index (χ1v) is 6.91. The maximum absolute atomic E-state index is 11.6. The molecule has 0 heterocycles. The van der Waals surface area contributed by atoms with E-state index in [-0.39, 0.29) is 0 Å². The van der Waals surface area contributed by atoms with Crippen LogP contribution in [0.5, 0.6) is 0 Å². The number of amides is 2. The number of carbonyl (C=O) groups excluding carboxylic acids is 1. The molecule has 0 saturated heterocycles. The van der Waals surface area contributed by atoms with Crippen molar-refractivity contribution in [2.45, 2.75) is 46.1 Å². The molecule has 0 aliphatic heterocycles. The maximum Gasteiger partial charge on any atom is 0.329 e. The third-order valence-electron chi connectivity index (χ3n) is 3.27. The number of urea groups is 1. The lowest BCUT2D eigenvalue weighted by Gasteiger charge is -2.25. The van der Waals surface area contributed by atoms with Gasteiger partial charge in [-0.2, -0.15) is 0 Å². The third kappa shape index (κ3) is 6.42. The van der Waals surface area contributed by atoms with Gasteiger partial charge in [-0.3, -0.25) is 0 Å². The van der Waals surface area contributed by atoms with E-state index in [1.54, 1.807) is 6.92 Å². The number of likely N-dealkylation sites (N-methyl/N-ethyl adjacent to an activating group) is 1. The van der Waals surface area contributed by atoms with E-state index in [0.29, 0.717) is 13.0 Å². The molecule has 0 rings (SSSR count). The second kappa shape index (κ2) is 8.74. The van der Waals surface area contributed by atoms with Gasteiger partial charge in [-0.15, -0.1) is 0 Å². The molecule has 1 atom stereocenters. The van der Waals surface area contributed by atoms with Gasteiger partial charge >= 0.3 is 12.0 Å². The molecule has 19 heavy (non-hydrogen) atoms. The van der Waals surface area contributed by atoms with Crippen molar-refractivity contribution in [2.75, 3.05) is 26.2 Å². The highest BCUT2D eigenvalue weighted by atomic mass is 16.4. The first-order valence-electron chi connectivity index (χ1n) is 6.91. The molecule has 0 aliphatic carbocycles. The largest absolute Gasteiger partial charge is 0.480 e. The molecular formula is C13H27N3O3. The van der Waals surface area contributed by atoms with Crippen molar-refractivity contribution in [3.05, 3.63) is 0 Å². The molecule has 0 fully saturated rings. The first-order chi connectivity index (χ1) is 8.89. The van der Waals surface area contributed by atoms with Gasteiger partial charge in [-0.1, -0.05) is 20.8 Å². The van der Waals surface area contributed by atoms with Crippen LogP contribution in [0.15, 0.2) is 0 Å². The van der Waals surface area contributed by atoms with E-state index in [1.807, 2.05) is 0 Å². The Hall–Kier alpha value is -1.30. The Balaban J connectivity index is 4.08. The Labute approximate surface area is 115 Å². The summed E-state index contributed by atoms with van der Waals surface area (Å²) in [5.74, 6) is -1.02. The van der Waals surface area contributed by atoms with Gasteiger partial charge in [-0.25, -0.2) is 9.59 Å². The fourth-order valence-corrected chi connectivity index (χ4v) is 1.66. The molecule has 0 bridgehead atoms. The number of rotatable bonds is 9. The van der Waals surface area contributed by atoms with Gasteiger partial charge in [0.1, 0.15) is 5.54 Å². The van der Waals surface area contributed by atoms with E-state index >= 15 is 0 Å². The number of hydrogen-bond acceptors (Lipinski definition) is 3. The topological polar surface area (TPSA) is 81.7 Å². The summed E-state index contributed by atoms with van der Waals surface area (Å²) < 4.78 is 0. The van der Waals surface area contributed by atoms with Gasteiger partial charge in [0.2, 0.25) is 0 Å². The van der Waals surface area contributed by atoms with Crippen molar-refractivity contribution in [3.63, 3.8) is 0 Å². The minimum absolute atomic E-state index is 0.340. The van der Waals surface area contributed by atoms with Gasteiger partial charge in [0, 0.05) is 13.1 Å². The average molecular weight is 273 g/mol. The van der Waals surface area contributed by atoms with Crippen LogP contribution in [0.3, 0.4) is 0 Å². The molecule has 0 spiro atoms. The van der Waals surface area contributed by atoms with Crippen LogP contribution in [0.25, 0.3) is 0 Å². The smallest absolute Gasteiger partial charge is 0.329 e. The van der Waals surface area contributed by atoms with Gasteiger partial charge in [0.05, 0.1) is 0 Å². The van der Waals surface area contributed by atoms with Crippen LogP contribution in [0.2, 0.25) is 0 Å². The number of nitrogens with zero attached hydrogens (tertiary/aromatic N) is 1. The molecule has 0 aromatic carbocycles. The molecule has 0 aliphatic rings. The zero-order chi connectivity index (χ0) is 14.9. The Kier molecular flexibility index (Phi) is 8.14. The lowest BCUT2D eigenvalue weighted by molar-refractivity contribution is -0.143. The number of carboxylic acid groups (broad SMARTS) is 1. The quantitative estimate of drug-likeness (QED) is 0.591. The van der Waals surface area contributed by atoms with E-state index < -0.39 is 17.5 Å². The van der Waals surface area contributed by atoms with Gasteiger partial charge < -0.3 is 20.6 Å². The molecule has 0 aromatic rings. The summed E-state index contributed by atoms with van der Waals surface area (Å²) in [5.41, 5.74) is -1.21. The second-order valence-electron chi connectivity index (χ2n) is 4.81. The fraction of sp³-hybridized carbons (Fsp3) is 0.846. The van der Waals surface area contributed by atoms with Crippen LogP contribution in [0, 0.1) is 0 Å². The Morgan fingerprint density at radius 3 is 2.26 bits per heavy atom. The van der Waals surface area contributed by atoms with Crippen LogP contribution in [0.4, 0.5) is 4.79 Å². The summed E-state index contributed by atoms with van der Waals surface area (Å²) in [7, 11) is 0. The molecule has 6 nitrogen and oxygen atoms in total. The van der Waals surface area contributed by atoms with Crippen LogP contribution in [-0.4, -0.2) is 53.7 Å². The highest BCUT2D eigenvalue weighted by molar-refractivity contribution is 5.85. The van der Waals surface area contributed by atoms with Gasteiger partial charge in [0.25, 0.3) is 0 Å². The van der Waals surface area contributed by atoms with E-state index in [0.717, 1.165) is 26.1 Å². The monoisotopic (exact) mass is 273 g/mol. The Bertz CT molecular complexity index is 297. The second-order valence-corrected chi connectivity index (χ2v) is 4.81. The summed E-state index contributed by atoms with van der Waals surface area (Å²) in [6.45, 7) is 10.7. The van der Waals surface area contributed by atoms with Crippen molar-refractivity contribution >= 4 is 12.0 Å². The maximum atomic E-state index is 11.6. The molecule has 3 N–H and O–H groups in total. The zero-order valence-corrected chi connectivity index (χ0v) is 12.5. The lowest BCUT2D eigenvalue weighted by atomic mass is 10.00. The average Bonchev–Trinajstić information content (AvgIpc) is 2.37. The summed E-state index contributed by atoms with van der Waals surface area (Å²) in [6.07, 6.45) is 1.42. The molecule has 2 amide bonds. The van der Waals surface area contributed by atoms with Crippen LogP contribution in [-0.2, 0) is 4.79 Å². The SMILES string of the molecule is CCCN(CC)CCNC(=O)NC(C)(CC)C(=O)O. The standard InChI is InChI=1S/C13H27N3O3/c1-5-9-16(7-3)10-8-14-12(19)15-13(4,6-2)11(17)18/h5-10H2,1-4H3,(H,17,18)(H2,14,15,19). The fourth-order valence-electron chi connectivity index (χ4n) is 1.66. The normalized spacial score (nSPS) is 13.9. The Morgan fingerprint density at radius 2 is 1.84 bits per heavy atom. The first kappa shape index (κ1) is 17.7. The van der Waals surface area contributed by atoms with Crippen molar-refractivity contribution in [2.24, 2.45) is 0 Å². The summed E-state index contributed by atoms with van der Waals surface area (Å²) >= 11 is 0. The minimum Gasteiger partial charge on any atom is -0.480 e. The molecule has 0 radical (unpaired) electrons. The molecular weight excluding hydrogens is 246 g/mol. The highest BCUT2D eigenvalue weighted by Crippen LogP contribution is 2.08. The number of nitrogens with one attached hydrogen (secondary N) is 2. The summed E-state index contributed by atoms with van der Waals surface area (Å²) in [4.78, 5) is 24.9. The van der Waals surface area contributed by atoms with E-state index in [4.69, 9.17) is 5.11 Å². The van der Waals surface area contributed by atoms with E-state index in [1.165, 1.54) is 6.92 Å². The highest BCUT2D eigenvalue weighted by Gasteiger charge is 2.32. The van der Waals surface area contributed by atoms with Crippen molar-refractivity contribution in [1.82, 2.24) is 15.5 Å². The summed E-state index contributed by atoms with van der Waals surface area (Å²) in [6, 6.07) is -0.431. The predicted molar refractivity (Wildman–Crippen MR) is 75.3 cm³/mol. The van der Waals surface area contributed by atoms with Crippen molar-refractivity contribution in [3.8, 4) is 0 Å². The van der Waals surface area contributed by atoms with Crippen molar-refractivity contribution in [1.29, 1.82) is 0 Å². The molecule has 6 heteroatoms. The van der Waals surface area contributed by atoms with Gasteiger partial charge in [0.15, 0.2) is 0 Å². The molecule has 0 aromatic heterocycles. The third-order valence-corrected chi connectivity index (χ3v) is 3.27. The van der Waals surface area contributed by atoms with Crippen LogP contribution >= 0.6 is 0 Å². The number of carbonyl (C=O) groups is 2. The lowest BCUT2D eigenvalue weighted by Crippen LogP contribution is -2.55. The van der Waals surface area contributed by atoms with Crippen LogP contribution < -0.4 is 10.6 Å². The van der Waals surface area contributed by atoms with Gasteiger partial charge in [-0.05, 0) is 32.9 Å².